The Balaban J connectivity index is 1.31. The molecule has 2 aliphatic heterocycles. The van der Waals surface area contributed by atoms with Gasteiger partial charge in [0.25, 0.3) is 0 Å². The van der Waals surface area contributed by atoms with Gasteiger partial charge in [0.2, 0.25) is 15.9 Å². The third-order valence-electron chi connectivity index (χ3n) is 10.3. The maximum atomic E-state index is 14.3. The molecule has 0 radical (unpaired) electrons. The van der Waals surface area contributed by atoms with Gasteiger partial charge < -0.3 is 28.8 Å². The van der Waals surface area contributed by atoms with Crippen LogP contribution in [0.4, 0.5) is 5.69 Å². The molecule has 1 saturated carbocycles. The van der Waals surface area contributed by atoms with Gasteiger partial charge in [-0.25, -0.2) is 8.42 Å². The molecule has 1 amide bonds. The fourth-order valence-corrected chi connectivity index (χ4v) is 9.90. The van der Waals surface area contributed by atoms with E-state index in [1.807, 2.05) is 37.2 Å². The number of hydrogen-bond acceptors (Lipinski definition) is 8. The van der Waals surface area contributed by atoms with Crippen LogP contribution >= 0.6 is 0 Å². The molecule has 0 unspecified atom stereocenters. The predicted molar refractivity (Wildman–Crippen MR) is 164 cm³/mol. The highest BCUT2D eigenvalue weighted by molar-refractivity contribution is 7.89. The zero-order valence-corrected chi connectivity index (χ0v) is 26.1. The minimum atomic E-state index is -3.95. The molecule has 11 heteroatoms. The fraction of sp³-hybridized carbons (Fsp3) is 0.424. The number of anilines is 1. The van der Waals surface area contributed by atoms with Crippen molar-refractivity contribution in [1.29, 1.82) is 0 Å². The summed E-state index contributed by atoms with van der Waals surface area (Å²) in [7, 11) is 3.14. The number of carbonyl (C=O) groups excluding carboxylic acids is 1. The van der Waals surface area contributed by atoms with Crippen LogP contribution in [0, 0.1) is 0 Å². The van der Waals surface area contributed by atoms with Crippen molar-refractivity contribution < 1.29 is 32.2 Å². The minimum absolute atomic E-state index is 0.196. The molecule has 2 aliphatic carbocycles. The van der Waals surface area contributed by atoms with E-state index < -0.39 is 33.2 Å². The number of ether oxygens (including phenoxy) is 2. The fourth-order valence-electron chi connectivity index (χ4n) is 8.19. The first kappa shape index (κ1) is 28.9. The highest BCUT2D eigenvalue weighted by Gasteiger charge is 2.74. The monoisotopic (exact) mass is 619 g/mol. The first-order valence-corrected chi connectivity index (χ1v) is 16.3. The summed E-state index contributed by atoms with van der Waals surface area (Å²) < 4.78 is 47.7. The molecule has 1 aromatic heterocycles. The molecule has 1 N–H and O–H groups in total. The van der Waals surface area contributed by atoms with Gasteiger partial charge in [0.05, 0.1) is 47.6 Å². The second kappa shape index (κ2) is 10.1. The Morgan fingerprint density at radius 3 is 2.70 bits per heavy atom. The molecule has 2 bridgehead atoms. The molecule has 44 heavy (non-hydrogen) atoms. The lowest BCUT2D eigenvalue weighted by molar-refractivity contribution is -0.186. The SMILES string of the molecule is COc1ccc2c3c1O[C@H]1[C@H](N(C)C(=O)C=Cc4ccoc4)CC[C@@]4(O)[C@@H](C2)N(S(=O)(=O)c2cccc(N(C)C)c2)CC[C@]314. The number of carbonyl (C=O) groups is 1. The summed E-state index contributed by atoms with van der Waals surface area (Å²) in [6.45, 7) is 0.211. The number of benzene rings is 2. The van der Waals surface area contributed by atoms with Crippen LogP contribution in [0.2, 0.25) is 0 Å². The van der Waals surface area contributed by atoms with Gasteiger partial charge in [-0.1, -0.05) is 12.1 Å². The number of piperidine rings is 1. The molecule has 1 spiro atoms. The number of hydrogen-bond donors (Lipinski definition) is 1. The van der Waals surface area contributed by atoms with Gasteiger partial charge in [0.1, 0.15) is 6.10 Å². The maximum Gasteiger partial charge on any atom is 0.246 e. The number of methoxy groups -OCH3 is 1. The van der Waals surface area contributed by atoms with Crippen LogP contribution in [0.3, 0.4) is 0 Å². The minimum Gasteiger partial charge on any atom is -0.493 e. The summed E-state index contributed by atoms with van der Waals surface area (Å²) in [6.07, 6.45) is 7.18. The van der Waals surface area contributed by atoms with Gasteiger partial charge in [-0.05, 0) is 67.7 Å². The van der Waals surface area contributed by atoms with Gasteiger partial charge in [0.15, 0.2) is 11.5 Å². The average molecular weight is 620 g/mol. The number of sulfonamides is 1. The summed E-state index contributed by atoms with van der Waals surface area (Å²) in [6, 6.07) is 11.4. The molecular weight excluding hydrogens is 582 g/mol. The van der Waals surface area contributed by atoms with E-state index in [2.05, 4.69) is 0 Å². The molecule has 2 fully saturated rings. The third kappa shape index (κ3) is 3.92. The molecule has 3 aromatic rings. The molecule has 3 heterocycles. The highest BCUT2D eigenvalue weighted by atomic mass is 32.2. The van der Waals surface area contributed by atoms with E-state index in [1.54, 1.807) is 61.9 Å². The zero-order valence-electron chi connectivity index (χ0n) is 25.3. The van der Waals surface area contributed by atoms with Crippen LogP contribution in [-0.2, 0) is 26.7 Å². The molecule has 232 valence electrons. The Hall–Kier alpha value is -3.80. The predicted octanol–water partition coefficient (Wildman–Crippen LogP) is 3.44. The summed E-state index contributed by atoms with van der Waals surface area (Å²) in [5, 5.41) is 12.9. The van der Waals surface area contributed by atoms with Crippen LogP contribution in [0.25, 0.3) is 6.08 Å². The van der Waals surface area contributed by atoms with Gasteiger partial charge in [-0.3, -0.25) is 4.79 Å². The summed E-state index contributed by atoms with van der Waals surface area (Å²) in [5.74, 6) is 0.956. The smallest absolute Gasteiger partial charge is 0.246 e. The molecule has 1 saturated heterocycles. The van der Waals surface area contributed by atoms with E-state index >= 15 is 0 Å². The van der Waals surface area contributed by atoms with E-state index in [-0.39, 0.29) is 23.4 Å². The van der Waals surface area contributed by atoms with Gasteiger partial charge in [0, 0.05) is 50.6 Å². The molecule has 4 aliphatic rings. The lowest BCUT2D eigenvalue weighted by atomic mass is 9.48. The normalized spacial score (nSPS) is 28.8. The average Bonchev–Trinajstić information content (AvgIpc) is 3.65. The molecular formula is C33H37N3O7S. The lowest BCUT2D eigenvalue weighted by Gasteiger charge is -2.64. The quantitative estimate of drug-likeness (QED) is 0.401. The zero-order chi connectivity index (χ0) is 31.0. The summed E-state index contributed by atoms with van der Waals surface area (Å²) in [5.41, 5.74) is 1.06. The Kier molecular flexibility index (Phi) is 6.65. The first-order valence-electron chi connectivity index (χ1n) is 14.9. The lowest BCUT2D eigenvalue weighted by Crippen LogP contribution is -2.78. The van der Waals surface area contributed by atoms with Crippen molar-refractivity contribution >= 4 is 27.7 Å². The van der Waals surface area contributed by atoms with Crippen LogP contribution in [0.1, 0.15) is 36.0 Å². The number of furan rings is 1. The van der Waals surface area contributed by atoms with Gasteiger partial charge in [-0.2, -0.15) is 4.31 Å². The standard InChI is InChI=1S/C33H37N3O7S/c1-34(2)23-6-5-7-24(19-23)44(39,40)36-16-15-32-29-22-9-10-26(41-4)30(29)43-31(32)25(12-14-33(32,38)27(36)18-22)35(3)28(37)11-8-21-13-17-42-20-21/h5-11,13,17,19-20,25,27,31,38H,12,14-16,18H2,1-4H3/t25-,27-,31+,32+,33-/m1/s1. The topological polar surface area (TPSA) is 113 Å². The molecule has 10 nitrogen and oxygen atoms in total. The Bertz CT molecular complexity index is 1750. The Labute approximate surface area is 257 Å². The van der Waals surface area contributed by atoms with E-state index in [0.717, 1.165) is 22.4 Å². The third-order valence-corrected chi connectivity index (χ3v) is 12.2. The van der Waals surface area contributed by atoms with Crippen LogP contribution in [0.5, 0.6) is 11.5 Å². The number of nitrogens with zero attached hydrogens (tertiary/aromatic N) is 3. The van der Waals surface area contributed by atoms with Crippen molar-refractivity contribution in [3.63, 3.8) is 0 Å². The van der Waals surface area contributed by atoms with Crippen molar-refractivity contribution in [2.24, 2.45) is 0 Å². The Morgan fingerprint density at radius 2 is 1.98 bits per heavy atom. The first-order chi connectivity index (χ1) is 21.0. The number of amides is 1. The van der Waals surface area contributed by atoms with E-state index in [4.69, 9.17) is 13.9 Å². The van der Waals surface area contributed by atoms with Crippen LogP contribution in [0.15, 0.2) is 70.4 Å². The number of rotatable bonds is 7. The van der Waals surface area contributed by atoms with E-state index in [0.29, 0.717) is 37.2 Å². The largest absolute Gasteiger partial charge is 0.493 e. The maximum absolute atomic E-state index is 14.3. The number of likely N-dealkylation sites (N-methyl/N-ethyl adjacent to an activating group) is 1. The second-order valence-electron chi connectivity index (χ2n) is 12.5. The van der Waals surface area contributed by atoms with Crippen molar-refractivity contribution in [2.45, 2.75) is 59.8 Å². The molecule has 5 atom stereocenters. The number of aliphatic hydroxyl groups is 1. The molecule has 7 rings (SSSR count). The van der Waals surface area contributed by atoms with Crippen molar-refractivity contribution in [1.82, 2.24) is 9.21 Å². The van der Waals surface area contributed by atoms with Crippen LogP contribution < -0.4 is 14.4 Å². The molecule has 2 aromatic carbocycles. The van der Waals surface area contributed by atoms with Crippen molar-refractivity contribution in [2.75, 3.05) is 39.7 Å². The Morgan fingerprint density at radius 1 is 1.16 bits per heavy atom. The van der Waals surface area contributed by atoms with E-state index in [1.165, 1.54) is 10.4 Å². The second-order valence-corrected chi connectivity index (χ2v) is 14.4. The summed E-state index contributed by atoms with van der Waals surface area (Å²) >= 11 is 0. The van der Waals surface area contributed by atoms with Gasteiger partial charge in [-0.15, -0.1) is 0 Å². The van der Waals surface area contributed by atoms with E-state index in [9.17, 15) is 18.3 Å². The summed E-state index contributed by atoms with van der Waals surface area (Å²) in [4.78, 5) is 17.2. The van der Waals surface area contributed by atoms with Crippen molar-refractivity contribution in [3.05, 3.63) is 77.8 Å². The van der Waals surface area contributed by atoms with Crippen LogP contribution in [-0.4, -0.2) is 87.2 Å². The van der Waals surface area contributed by atoms with Crippen molar-refractivity contribution in [3.8, 4) is 11.5 Å². The van der Waals surface area contributed by atoms with Gasteiger partial charge >= 0.3 is 0 Å². The highest BCUT2D eigenvalue weighted by Crippen LogP contribution is 2.66.